The minimum absolute atomic E-state index is 0.271. The molecule has 2 rings (SSSR count). The molecule has 0 radical (unpaired) electrons. The van der Waals surface area contributed by atoms with E-state index in [0.29, 0.717) is 12.1 Å². The molecule has 0 bridgehead atoms. The summed E-state index contributed by atoms with van der Waals surface area (Å²) in [5, 5.41) is 3.17. The topological polar surface area (TPSA) is 21.3 Å². The van der Waals surface area contributed by atoms with E-state index in [2.05, 4.69) is 5.32 Å². The normalized spacial score (nSPS) is 12.2. The summed E-state index contributed by atoms with van der Waals surface area (Å²) in [5.74, 6) is -0.0430. The van der Waals surface area contributed by atoms with Crippen molar-refractivity contribution in [2.75, 3.05) is 7.11 Å². The molecule has 20 heavy (non-hydrogen) atoms. The van der Waals surface area contributed by atoms with Crippen molar-refractivity contribution < 1.29 is 13.5 Å². The summed E-state index contributed by atoms with van der Waals surface area (Å²) in [5.41, 5.74) is 1.38. The summed E-state index contributed by atoms with van der Waals surface area (Å²) in [7, 11) is 1.61. The third-order valence-corrected chi connectivity index (χ3v) is 3.20. The molecular formula is C16H17F2NO. The predicted octanol–water partition coefficient (Wildman–Crippen LogP) is 3.82. The Morgan fingerprint density at radius 3 is 2.45 bits per heavy atom. The van der Waals surface area contributed by atoms with Gasteiger partial charge in [-0.1, -0.05) is 12.1 Å². The van der Waals surface area contributed by atoms with Crippen molar-refractivity contribution in [3.05, 3.63) is 65.2 Å². The van der Waals surface area contributed by atoms with E-state index in [1.54, 1.807) is 14.0 Å². The first-order valence-electron chi connectivity index (χ1n) is 6.41. The fourth-order valence-corrected chi connectivity index (χ4v) is 1.97. The molecule has 0 fully saturated rings. The quantitative estimate of drug-likeness (QED) is 0.897. The van der Waals surface area contributed by atoms with Crippen LogP contribution in [0, 0.1) is 11.6 Å². The number of rotatable bonds is 5. The van der Waals surface area contributed by atoms with E-state index in [0.717, 1.165) is 23.4 Å². The molecular weight excluding hydrogens is 260 g/mol. The molecule has 0 heterocycles. The molecule has 0 amide bonds. The van der Waals surface area contributed by atoms with E-state index < -0.39 is 11.6 Å². The summed E-state index contributed by atoms with van der Waals surface area (Å²) in [6, 6.07) is 10.8. The molecule has 4 heteroatoms. The van der Waals surface area contributed by atoms with E-state index in [1.165, 1.54) is 6.07 Å². The van der Waals surface area contributed by atoms with Crippen LogP contribution >= 0.6 is 0 Å². The molecule has 0 aromatic heterocycles. The van der Waals surface area contributed by atoms with Crippen LogP contribution in [-0.4, -0.2) is 7.11 Å². The standard InChI is InChI=1S/C16H17F2NO/c1-11(15-9-13(17)5-8-16(15)18)19-10-12-3-6-14(20-2)7-4-12/h3-9,11,19H,10H2,1-2H3. The van der Waals surface area contributed by atoms with Crippen LogP contribution in [0.2, 0.25) is 0 Å². The Balaban J connectivity index is 2.00. The average Bonchev–Trinajstić information content (AvgIpc) is 2.47. The van der Waals surface area contributed by atoms with Gasteiger partial charge in [0.1, 0.15) is 17.4 Å². The lowest BCUT2D eigenvalue weighted by Gasteiger charge is -2.15. The lowest BCUT2D eigenvalue weighted by atomic mass is 10.1. The van der Waals surface area contributed by atoms with Crippen LogP contribution in [-0.2, 0) is 6.54 Å². The van der Waals surface area contributed by atoms with Gasteiger partial charge in [0.05, 0.1) is 7.11 Å². The zero-order chi connectivity index (χ0) is 14.5. The second-order valence-corrected chi connectivity index (χ2v) is 4.62. The van der Waals surface area contributed by atoms with E-state index in [-0.39, 0.29) is 6.04 Å². The molecule has 0 aliphatic heterocycles. The highest BCUT2D eigenvalue weighted by atomic mass is 19.1. The van der Waals surface area contributed by atoms with Gasteiger partial charge in [-0.05, 0) is 42.8 Å². The van der Waals surface area contributed by atoms with Crippen LogP contribution in [0.25, 0.3) is 0 Å². The molecule has 2 nitrogen and oxygen atoms in total. The van der Waals surface area contributed by atoms with Gasteiger partial charge in [0.2, 0.25) is 0 Å². The zero-order valence-corrected chi connectivity index (χ0v) is 11.5. The first-order valence-corrected chi connectivity index (χ1v) is 6.41. The number of ether oxygens (including phenoxy) is 1. The van der Waals surface area contributed by atoms with Gasteiger partial charge in [0.15, 0.2) is 0 Å². The second-order valence-electron chi connectivity index (χ2n) is 4.62. The highest BCUT2D eigenvalue weighted by molar-refractivity contribution is 5.27. The van der Waals surface area contributed by atoms with Gasteiger partial charge in [-0.3, -0.25) is 0 Å². The van der Waals surface area contributed by atoms with Crippen molar-refractivity contribution in [3.63, 3.8) is 0 Å². The van der Waals surface area contributed by atoms with Crippen LogP contribution in [0.15, 0.2) is 42.5 Å². The Labute approximate surface area is 117 Å². The maximum Gasteiger partial charge on any atom is 0.128 e. The van der Waals surface area contributed by atoms with Gasteiger partial charge < -0.3 is 10.1 Å². The number of methoxy groups -OCH3 is 1. The van der Waals surface area contributed by atoms with Crippen molar-refractivity contribution in [1.29, 1.82) is 0 Å². The monoisotopic (exact) mass is 277 g/mol. The number of nitrogens with one attached hydrogen (secondary N) is 1. The van der Waals surface area contributed by atoms with Crippen molar-refractivity contribution in [3.8, 4) is 5.75 Å². The van der Waals surface area contributed by atoms with Crippen LogP contribution in [0.5, 0.6) is 5.75 Å². The fraction of sp³-hybridized carbons (Fsp3) is 0.250. The fourth-order valence-electron chi connectivity index (χ4n) is 1.97. The maximum absolute atomic E-state index is 13.6. The predicted molar refractivity (Wildman–Crippen MR) is 74.6 cm³/mol. The first-order chi connectivity index (χ1) is 9.60. The van der Waals surface area contributed by atoms with E-state index in [9.17, 15) is 8.78 Å². The number of hydrogen-bond acceptors (Lipinski definition) is 2. The number of hydrogen-bond donors (Lipinski definition) is 1. The molecule has 0 saturated heterocycles. The van der Waals surface area contributed by atoms with Crippen molar-refractivity contribution in [2.24, 2.45) is 0 Å². The van der Waals surface area contributed by atoms with Crippen LogP contribution in [0.3, 0.4) is 0 Å². The van der Waals surface area contributed by atoms with Crippen molar-refractivity contribution in [2.45, 2.75) is 19.5 Å². The highest BCUT2D eigenvalue weighted by Crippen LogP contribution is 2.19. The molecule has 2 aromatic carbocycles. The highest BCUT2D eigenvalue weighted by Gasteiger charge is 2.11. The summed E-state index contributed by atoms with van der Waals surface area (Å²) in [6.45, 7) is 2.38. The van der Waals surface area contributed by atoms with Crippen molar-refractivity contribution >= 4 is 0 Å². The average molecular weight is 277 g/mol. The Bertz CT molecular complexity index is 569. The lowest BCUT2D eigenvalue weighted by molar-refractivity contribution is 0.414. The summed E-state index contributed by atoms with van der Waals surface area (Å²) < 4.78 is 31.8. The van der Waals surface area contributed by atoms with Gasteiger partial charge in [-0.2, -0.15) is 0 Å². The van der Waals surface area contributed by atoms with E-state index >= 15 is 0 Å². The molecule has 0 aliphatic rings. The van der Waals surface area contributed by atoms with Gasteiger partial charge in [0, 0.05) is 18.2 Å². The van der Waals surface area contributed by atoms with Gasteiger partial charge in [-0.25, -0.2) is 8.78 Å². The zero-order valence-electron chi connectivity index (χ0n) is 11.5. The first kappa shape index (κ1) is 14.5. The molecule has 1 unspecified atom stereocenters. The maximum atomic E-state index is 13.6. The third-order valence-electron chi connectivity index (χ3n) is 3.20. The summed E-state index contributed by atoms with van der Waals surface area (Å²) in [6.07, 6.45) is 0. The minimum atomic E-state index is -0.431. The van der Waals surface area contributed by atoms with Gasteiger partial charge >= 0.3 is 0 Å². The van der Waals surface area contributed by atoms with Crippen LogP contribution < -0.4 is 10.1 Å². The summed E-state index contributed by atoms with van der Waals surface area (Å²) >= 11 is 0. The lowest BCUT2D eigenvalue weighted by Crippen LogP contribution is -2.19. The molecule has 106 valence electrons. The Morgan fingerprint density at radius 2 is 1.80 bits per heavy atom. The van der Waals surface area contributed by atoms with E-state index in [4.69, 9.17) is 4.74 Å². The Morgan fingerprint density at radius 1 is 1.10 bits per heavy atom. The molecule has 2 aromatic rings. The van der Waals surface area contributed by atoms with E-state index in [1.807, 2.05) is 24.3 Å². The van der Waals surface area contributed by atoms with Crippen LogP contribution in [0.1, 0.15) is 24.1 Å². The molecule has 0 spiro atoms. The molecule has 1 N–H and O–H groups in total. The molecule has 0 aliphatic carbocycles. The number of halogens is 2. The Kier molecular flexibility index (Phi) is 4.69. The largest absolute Gasteiger partial charge is 0.497 e. The Hall–Kier alpha value is -1.94. The van der Waals surface area contributed by atoms with Gasteiger partial charge in [0.25, 0.3) is 0 Å². The number of benzene rings is 2. The SMILES string of the molecule is COc1ccc(CNC(C)c2cc(F)ccc2F)cc1. The third kappa shape index (κ3) is 3.54. The second kappa shape index (κ2) is 6.48. The van der Waals surface area contributed by atoms with Gasteiger partial charge in [-0.15, -0.1) is 0 Å². The summed E-state index contributed by atoms with van der Waals surface area (Å²) in [4.78, 5) is 0. The molecule has 0 saturated carbocycles. The smallest absolute Gasteiger partial charge is 0.128 e. The van der Waals surface area contributed by atoms with Crippen LogP contribution in [0.4, 0.5) is 8.78 Å². The van der Waals surface area contributed by atoms with Crippen molar-refractivity contribution in [1.82, 2.24) is 5.32 Å². The minimum Gasteiger partial charge on any atom is -0.497 e. The molecule has 1 atom stereocenters.